The van der Waals surface area contributed by atoms with Crippen LogP contribution in [0.25, 0.3) is 17.0 Å². The molecular formula is C15H16FN5O. The van der Waals surface area contributed by atoms with Gasteiger partial charge in [-0.2, -0.15) is 4.52 Å². The number of hydrogen-bond acceptors (Lipinski definition) is 5. The number of halogens is 1. The highest BCUT2D eigenvalue weighted by atomic mass is 19.1. The summed E-state index contributed by atoms with van der Waals surface area (Å²) in [5, 5.41) is 24.8. The van der Waals surface area contributed by atoms with Crippen molar-refractivity contribution in [3.8, 4) is 11.4 Å². The first kappa shape index (κ1) is 14.4. The fraction of sp³-hybridized carbons (Fsp3) is 0.267. The van der Waals surface area contributed by atoms with E-state index in [4.69, 9.17) is 0 Å². The molecule has 1 aromatic carbocycles. The van der Waals surface area contributed by atoms with Crippen molar-refractivity contribution < 1.29 is 9.50 Å². The SMILES string of the molecule is CC[C@@H](CO)Nc1ccc2nnc(-c3ccccc3F)n2n1. The monoisotopic (exact) mass is 301 g/mol. The van der Waals surface area contributed by atoms with Gasteiger partial charge in [0, 0.05) is 0 Å². The Morgan fingerprint density at radius 2 is 2.05 bits per heavy atom. The molecular weight excluding hydrogens is 285 g/mol. The zero-order valence-electron chi connectivity index (χ0n) is 12.1. The molecule has 7 heteroatoms. The fourth-order valence-electron chi connectivity index (χ4n) is 2.16. The minimum atomic E-state index is -0.376. The van der Waals surface area contributed by atoms with E-state index in [0.29, 0.717) is 22.9 Å². The molecule has 0 saturated heterocycles. The summed E-state index contributed by atoms with van der Waals surface area (Å²) in [6, 6.07) is 9.78. The van der Waals surface area contributed by atoms with Crippen LogP contribution in [-0.4, -0.2) is 37.6 Å². The number of benzene rings is 1. The van der Waals surface area contributed by atoms with E-state index in [-0.39, 0.29) is 18.5 Å². The van der Waals surface area contributed by atoms with Crippen LogP contribution in [0.4, 0.5) is 10.2 Å². The number of anilines is 1. The van der Waals surface area contributed by atoms with Crippen LogP contribution in [0, 0.1) is 5.82 Å². The number of aliphatic hydroxyl groups is 1. The molecule has 2 heterocycles. The molecule has 3 aromatic rings. The van der Waals surface area contributed by atoms with Gasteiger partial charge in [-0.1, -0.05) is 19.1 Å². The summed E-state index contributed by atoms with van der Waals surface area (Å²) in [5.74, 6) is 0.540. The van der Waals surface area contributed by atoms with E-state index in [1.807, 2.05) is 6.92 Å². The predicted octanol–water partition coefficient (Wildman–Crippen LogP) is 2.11. The normalized spacial score (nSPS) is 12.5. The van der Waals surface area contributed by atoms with Gasteiger partial charge in [0.2, 0.25) is 0 Å². The van der Waals surface area contributed by atoms with Gasteiger partial charge in [0.05, 0.1) is 18.2 Å². The van der Waals surface area contributed by atoms with Gasteiger partial charge in [0.1, 0.15) is 11.6 Å². The second-order valence-electron chi connectivity index (χ2n) is 4.92. The summed E-state index contributed by atoms with van der Waals surface area (Å²) in [4.78, 5) is 0. The van der Waals surface area contributed by atoms with Crippen molar-refractivity contribution in [2.24, 2.45) is 0 Å². The second kappa shape index (κ2) is 6.07. The van der Waals surface area contributed by atoms with Crippen molar-refractivity contribution in [3.05, 3.63) is 42.2 Å². The number of aromatic nitrogens is 4. The topological polar surface area (TPSA) is 75.3 Å². The Labute approximate surface area is 126 Å². The molecule has 0 unspecified atom stereocenters. The van der Waals surface area contributed by atoms with Gasteiger partial charge in [0.25, 0.3) is 0 Å². The van der Waals surface area contributed by atoms with E-state index >= 15 is 0 Å². The van der Waals surface area contributed by atoms with Gasteiger partial charge in [-0.15, -0.1) is 15.3 Å². The Bertz CT molecular complexity index is 784. The maximum Gasteiger partial charge on any atom is 0.188 e. The molecule has 0 saturated carbocycles. The number of nitrogens with zero attached hydrogens (tertiary/aromatic N) is 4. The average Bonchev–Trinajstić information content (AvgIpc) is 2.96. The van der Waals surface area contributed by atoms with E-state index in [9.17, 15) is 9.50 Å². The van der Waals surface area contributed by atoms with Gasteiger partial charge in [-0.25, -0.2) is 4.39 Å². The molecule has 6 nitrogen and oxygen atoms in total. The third-order valence-corrected chi connectivity index (χ3v) is 3.44. The highest BCUT2D eigenvalue weighted by molar-refractivity contribution is 5.60. The van der Waals surface area contributed by atoms with Gasteiger partial charge < -0.3 is 10.4 Å². The summed E-state index contributed by atoms with van der Waals surface area (Å²) in [5.41, 5.74) is 0.870. The van der Waals surface area contributed by atoms with Crippen LogP contribution in [0.15, 0.2) is 36.4 Å². The van der Waals surface area contributed by atoms with Gasteiger partial charge in [0.15, 0.2) is 11.5 Å². The first-order valence-corrected chi connectivity index (χ1v) is 7.07. The molecule has 0 fully saturated rings. The lowest BCUT2D eigenvalue weighted by Gasteiger charge is -2.14. The molecule has 0 bridgehead atoms. The summed E-state index contributed by atoms with van der Waals surface area (Å²) < 4.78 is 15.4. The molecule has 0 aliphatic rings. The number of fused-ring (bicyclic) bond motifs is 1. The predicted molar refractivity (Wildman–Crippen MR) is 81.0 cm³/mol. The van der Waals surface area contributed by atoms with Gasteiger partial charge in [-0.05, 0) is 30.7 Å². The molecule has 2 aromatic heterocycles. The summed E-state index contributed by atoms with van der Waals surface area (Å²) in [6.07, 6.45) is 0.762. The molecule has 3 rings (SSSR count). The fourth-order valence-corrected chi connectivity index (χ4v) is 2.16. The molecule has 0 amide bonds. The van der Waals surface area contributed by atoms with Crippen LogP contribution in [0.1, 0.15) is 13.3 Å². The van der Waals surface area contributed by atoms with Crippen LogP contribution < -0.4 is 5.32 Å². The van der Waals surface area contributed by atoms with Crippen LogP contribution in [-0.2, 0) is 0 Å². The number of hydrogen-bond donors (Lipinski definition) is 2. The van der Waals surface area contributed by atoms with Crippen LogP contribution >= 0.6 is 0 Å². The van der Waals surface area contributed by atoms with Crippen molar-refractivity contribution in [2.45, 2.75) is 19.4 Å². The number of nitrogens with one attached hydrogen (secondary N) is 1. The molecule has 0 aliphatic heterocycles. The minimum Gasteiger partial charge on any atom is -0.394 e. The highest BCUT2D eigenvalue weighted by Gasteiger charge is 2.14. The quantitative estimate of drug-likeness (QED) is 0.755. The largest absolute Gasteiger partial charge is 0.394 e. The Balaban J connectivity index is 2.04. The van der Waals surface area contributed by atoms with Crippen molar-refractivity contribution >= 4 is 11.5 Å². The molecule has 1 atom stereocenters. The molecule has 0 radical (unpaired) electrons. The molecule has 22 heavy (non-hydrogen) atoms. The van der Waals surface area contributed by atoms with Crippen molar-refractivity contribution in [3.63, 3.8) is 0 Å². The number of aliphatic hydroxyl groups excluding tert-OH is 1. The molecule has 0 aliphatic carbocycles. The standard InChI is InChI=1S/C15H16FN5O/c1-2-10(9-22)17-13-7-8-14-18-19-15(21(14)20-13)11-5-3-4-6-12(11)16/h3-8,10,22H,2,9H2,1H3,(H,17,20)/t10-/m0/s1. The Morgan fingerprint density at radius 3 is 2.77 bits per heavy atom. The Morgan fingerprint density at radius 1 is 1.23 bits per heavy atom. The van der Waals surface area contributed by atoms with Crippen molar-refractivity contribution in [2.75, 3.05) is 11.9 Å². The minimum absolute atomic E-state index is 0.0125. The Kier molecular flexibility index (Phi) is 3.97. The van der Waals surface area contributed by atoms with Crippen molar-refractivity contribution in [1.82, 2.24) is 19.8 Å². The maximum atomic E-state index is 13.9. The van der Waals surface area contributed by atoms with Crippen LogP contribution in [0.2, 0.25) is 0 Å². The molecule has 0 spiro atoms. The zero-order valence-corrected chi connectivity index (χ0v) is 12.1. The lowest BCUT2D eigenvalue weighted by Crippen LogP contribution is -2.23. The lowest BCUT2D eigenvalue weighted by atomic mass is 10.2. The first-order chi connectivity index (χ1) is 10.7. The zero-order chi connectivity index (χ0) is 15.5. The highest BCUT2D eigenvalue weighted by Crippen LogP contribution is 2.21. The summed E-state index contributed by atoms with van der Waals surface area (Å²) in [6.45, 7) is 1.98. The van der Waals surface area contributed by atoms with E-state index in [2.05, 4.69) is 20.6 Å². The van der Waals surface area contributed by atoms with Gasteiger partial charge >= 0.3 is 0 Å². The maximum absolute atomic E-state index is 13.9. The first-order valence-electron chi connectivity index (χ1n) is 7.07. The van der Waals surface area contributed by atoms with E-state index in [0.717, 1.165) is 6.42 Å². The van der Waals surface area contributed by atoms with Crippen molar-refractivity contribution in [1.29, 1.82) is 0 Å². The summed E-state index contributed by atoms with van der Waals surface area (Å²) in [7, 11) is 0. The van der Waals surface area contributed by atoms with E-state index in [1.54, 1.807) is 30.3 Å². The third-order valence-electron chi connectivity index (χ3n) is 3.44. The third kappa shape index (κ3) is 2.62. The lowest BCUT2D eigenvalue weighted by molar-refractivity contribution is 0.271. The summed E-state index contributed by atoms with van der Waals surface area (Å²) >= 11 is 0. The average molecular weight is 301 g/mol. The molecule has 2 N–H and O–H groups in total. The smallest absolute Gasteiger partial charge is 0.188 e. The Hall–Kier alpha value is -2.54. The molecule has 114 valence electrons. The van der Waals surface area contributed by atoms with Crippen LogP contribution in [0.5, 0.6) is 0 Å². The second-order valence-corrected chi connectivity index (χ2v) is 4.92. The number of rotatable bonds is 5. The van der Waals surface area contributed by atoms with E-state index in [1.165, 1.54) is 10.6 Å². The van der Waals surface area contributed by atoms with E-state index < -0.39 is 0 Å². The van der Waals surface area contributed by atoms with Crippen LogP contribution in [0.3, 0.4) is 0 Å². The van der Waals surface area contributed by atoms with Gasteiger partial charge in [-0.3, -0.25) is 0 Å².